The summed E-state index contributed by atoms with van der Waals surface area (Å²) in [6.45, 7) is 4.62. The summed E-state index contributed by atoms with van der Waals surface area (Å²) in [4.78, 5) is 2.46. The van der Waals surface area contributed by atoms with Crippen molar-refractivity contribution >= 4 is 0 Å². The van der Waals surface area contributed by atoms with Gasteiger partial charge in [-0.3, -0.25) is 4.90 Å². The Morgan fingerprint density at radius 2 is 1.75 bits per heavy atom. The van der Waals surface area contributed by atoms with E-state index >= 15 is 0 Å². The summed E-state index contributed by atoms with van der Waals surface area (Å²) in [6.07, 6.45) is 0.998. The smallest absolute Gasteiger partial charge is 0.161 e. The van der Waals surface area contributed by atoms with Crippen LogP contribution in [0.4, 0.5) is 0 Å². The molecule has 24 heavy (non-hydrogen) atoms. The first kappa shape index (κ1) is 16.8. The summed E-state index contributed by atoms with van der Waals surface area (Å²) in [5.74, 6) is 1.56. The van der Waals surface area contributed by atoms with Crippen LogP contribution in [0.1, 0.15) is 28.3 Å². The predicted molar refractivity (Wildman–Crippen MR) is 96.6 cm³/mol. The van der Waals surface area contributed by atoms with Crippen LogP contribution in [0.2, 0.25) is 0 Å². The highest BCUT2D eigenvalue weighted by atomic mass is 16.5. The van der Waals surface area contributed by atoms with Crippen molar-refractivity contribution in [1.82, 2.24) is 4.90 Å². The van der Waals surface area contributed by atoms with Gasteiger partial charge in [-0.15, -0.1) is 0 Å². The molecule has 3 rings (SSSR count). The van der Waals surface area contributed by atoms with Crippen LogP contribution in [-0.2, 0) is 13.0 Å². The van der Waals surface area contributed by atoms with Gasteiger partial charge in [0.25, 0.3) is 0 Å². The zero-order valence-electron chi connectivity index (χ0n) is 14.7. The van der Waals surface area contributed by atoms with E-state index in [0.717, 1.165) is 31.0 Å². The zero-order chi connectivity index (χ0) is 17.1. The molecule has 2 aromatic rings. The third kappa shape index (κ3) is 3.25. The number of nitrogens with two attached hydrogens (primary N) is 1. The first-order valence-electron chi connectivity index (χ1n) is 8.40. The largest absolute Gasteiger partial charge is 0.493 e. The number of fused-ring (bicyclic) bond motifs is 1. The molecule has 1 aliphatic heterocycles. The second-order valence-electron chi connectivity index (χ2n) is 6.36. The minimum Gasteiger partial charge on any atom is -0.493 e. The molecule has 0 amide bonds. The lowest BCUT2D eigenvalue weighted by Crippen LogP contribution is -2.38. The van der Waals surface area contributed by atoms with Gasteiger partial charge in [0.1, 0.15) is 0 Å². The molecule has 0 saturated heterocycles. The number of aryl methyl sites for hydroxylation is 1. The number of hydrogen-bond acceptors (Lipinski definition) is 4. The normalized spacial score (nSPS) is 17.4. The van der Waals surface area contributed by atoms with E-state index in [1.165, 1.54) is 22.3 Å². The van der Waals surface area contributed by atoms with E-state index in [0.29, 0.717) is 6.54 Å². The number of nitrogens with zero attached hydrogens (tertiary/aromatic N) is 1. The van der Waals surface area contributed by atoms with E-state index in [2.05, 4.69) is 48.2 Å². The number of hydrogen-bond donors (Lipinski definition) is 1. The van der Waals surface area contributed by atoms with Gasteiger partial charge in [-0.2, -0.15) is 0 Å². The van der Waals surface area contributed by atoms with Crippen molar-refractivity contribution in [3.05, 3.63) is 58.7 Å². The van der Waals surface area contributed by atoms with Gasteiger partial charge in [0.15, 0.2) is 11.5 Å². The van der Waals surface area contributed by atoms with Crippen molar-refractivity contribution in [1.29, 1.82) is 0 Å². The molecule has 2 aromatic carbocycles. The molecule has 4 heteroatoms. The molecule has 128 valence electrons. The van der Waals surface area contributed by atoms with Crippen LogP contribution in [0.3, 0.4) is 0 Å². The van der Waals surface area contributed by atoms with E-state index in [4.69, 9.17) is 15.2 Å². The molecule has 0 bridgehead atoms. The summed E-state index contributed by atoms with van der Waals surface area (Å²) in [5.41, 5.74) is 11.3. The van der Waals surface area contributed by atoms with Crippen molar-refractivity contribution in [3.63, 3.8) is 0 Å². The molecular formula is C20H26N2O2. The molecule has 0 unspecified atom stereocenters. The fourth-order valence-corrected chi connectivity index (χ4v) is 3.47. The van der Waals surface area contributed by atoms with Crippen molar-refractivity contribution in [3.8, 4) is 11.5 Å². The molecule has 1 heterocycles. The van der Waals surface area contributed by atoms with Gasteiger partial charge < -0.3 is 15.2 Å². The first-order chi connectivity index (χ1) is 11.7. The lowest BCUT2D eigenvalue weighted by Gasteiger charge is -2.37. The monoisotopic (exact) mass is 326 g/mol. The Labute approximate surface area is 144 Å². The SMILES string of the molecule is COc1cc2c(cc1OC)[C@H](CN)N(Cc1ccc(C)cc1)CC2. The minimum absolute atomic E-state index is 0.204. The third-order valence-corrected chi connectivity index (χ3v) is 4.84. The highest BCUT2D eigenvalue weighted by molar-refractivity contribution is 5.49. The molecule has 1 aliphatic rings. The standard InChI is InChI=1S/C20H26N2O2/c1-14-4-6-15(7-5-14)13-22-9-8-16-10-19(23-2)20(24-3)11-17(16)18(22)12-21/h4-7,10-11,18H,8-9,12-13,21H2,1-3H3/t18-/m0/s1. The van der Waals surface area contributed by atoms with Gasteiger partial charge in [0, 0.05) is 25.7 Å². The summed E-state index contributed by atoms with van der Waals surface area (Å²) < 4.78 is 10.9. The van der Waals surface area contributed by atoms with Gasteiger partial charge in [-0.1, -0.05) is 29.8 Å². The quantitative estimate of drug-likeness (QED) is 0.917. The Balaban J connectivity index is 1.89. The van der Waals surface area contributed by atoms with Crippen molar-refractivity contribution in [2.24, 2.45) is 5.73 Å². The van der Waals surface area contributed by atoms with Crippen LogP contribution in [0.5, 0.6) is 11.5 Å². The molecular weight excluding hydrogens is 300 g/mol. The molecule has 4 nitrogen and oxygen atoms in total. The lowest BCUT2D eigenvalue weighted by molar-refractivity contribution is 0.180. The Hall–Kier alpha value is -2.04. The lowest BCUT2D eigenvalue weighted by atomic mass is 9.91. The summed E-state index contributed by atoms with van der Waals surface area (Å²) in [5, 5.41) is 0. The van der Waals surface area contributed by atoms with Crippen LogP contribution < -0.4 is 15.2 Å². The van der Waals surface area contributed by atoms with Crippen LogP contribution in [0.25, 0.3) is 0 Å². The van der Waals surface area contributed by atoms with Gasteiger partial charge in [0.05, 0.1) is 14.2 Å². The molecule has 1 atom stereocenters. The summed E-state index contributed by atoms with van der Waals surface area (Å²) in [7, 11) is 3.35. The maximum absolute atomic E-state index is 6.13. The number of ether oxygens (including phenoxy) is 2. The van der Waals surface area contributed by atoms with Crippen LogP contribution >= 0.6 is 0 Å². The molecule has 0 radical (unpaired) electrons. The molecule has 0 fully saturated rings. The predicted octanol–water partition coefficient (Wildman–Crippen LogP) is 3.07. The minimum atomic E-state index is 0.204. The Bertz CT molecular complexity index is 698. The number of benzene rings is 2. The van der Waals surface area contributed by atoms with Gasteiger partial charge >= 0.3 is 0 Å². The van der Waals surface area contributed by atoms with Crippen molar-refractivity contribution < 1.29 is 9.47 Å². The van der Waals surface area contributed by atoms with E-state index in [1.54, 1.807) is 14.2 Å². The molecule has 0 spiro atoms. The molecule has 2 N–H and O–H groups in total. The zero-order valence-corrected chi connectivity index (χ0v) is 14.7. The second-order valence-corrected chi connectivity index (χ2v) is 6.36. The fraction of sp³-hybridized carbons (Fsp3) is 0.400. The first-order valence-corrected chi connectivity index (χ1v) is 8.40. The maximum Gasteiger partial charge on any atom is 0.161 e. The van der Waals surface area contributed by atoms with Gasteiger partial charge in [-0.25, -0.2) is 0 Å². The summed E-state index contributed by atoms with van der Waals surface area (Å²) >= 11 is 0. The fourth-order valence-electron chi connectivity index (χ4n) is 3.47. The Kier molecular flexibility index (Phi) is 5.07. The topological polar surface area (TPSA) is 47.7 Å². The van der Waals surface area contributed by atoms with E-state index in [9.17, 15) is 0 Å². The van der Waals surface area contributed by atoms with E-state index in [1.807, 2.05) is 0 Å². The van der Waals surface area contributed by atoms with E-state index < -0.39 is 0 Å². The second kappa shape index (κ2) is 7.24. The Morgan fingerprint density at radius 3 is 2.38 bits per heavy atom. The third-order valence-electron chi connectivity index (χ3n) is 4.84. The molecule has 0 aliphatic carbocycles. The van der Waals surface area contributed by atoms with Crippen LogP contribution in [0.15, 0.2) is 36.4 Å². The van der Waals surface area contributed by atoms with E-state index in [-0.39, 0.29) is 6.04 Å². The van der Waals surface area contributed by atoms with Crippen LogP contribution in [-0.4, -0.2) is 32.2 Å². The molecule has 0 saturated carbocycles. The summed E-state index contributed by atoms with van der Waals surface area (Å²) in [6, 6.07) is 13.1. The molecule has 0 aromatic heterocycles. The highest BCUT2D eigenvalue weighted by Gasteiger charge is 2.28. The average Bonchev–Trinajstić information content (AvgIpc) is 2.62. The van der Waals surface area contributed by atoms with Crippen molar-refractivity contribution in [2.75, 3.05) is 27.3 Å². The van der Waals surface area contributed by atoms with Crippen molar-refractivity contribution in [2.45, 2.75) is 25.9 Å². The maximum atomic E-state index is 6.13. The number of methoxy groups -OCH3 is 2. The van der Waals surface area contributed by atoms with Gasteiger partial charge in [-0.05, 0) is 42.2 Å². The Morgan fingerprint density at radius 1 is 1.08 bits per heavy atom. The highest BCUT2D eigenvalue weighted by Crippen LogP contribution is 2.38. The van der Waals surface area contributed by atoms with Gasteiger partial charge in [0.2, 0.25) is 0 Å². The average molecular weight is 326 g/mol. The van der Waals surface area contributed by atoms with Crippen LogP contribution in [0, 0.1) is 6.92 Å². The number of rotatable bonds is 5.